The van der Waals surface area contributed by atoms with Crippen molar-refractivity contribution in [3.8, 4) is 5.75 Å². The number of hydrogen-bond donors (Lipinski definition) is 0. The predicted molar refractivity (Wildman–Crippen MR) is 134 cm³/mol. The third kappa shape index (κ3) is 5.46. The van der Waals surface area contributed by atoms with Gasteiger partial charge in [-0.2, -0.15) is 0 Å². The van der Waals surface area contributed by atoms with Crippen molar-refractivity contribution in [2.45, 2.75) is 63.6 Å². The van der Waals surface area contributed by atoms with Gasteiger partial charge < -0.3 is 18.9 Å². The lowest BCUT2D eigenvalue weighted by molar-refractivity contribution is -0.150. The SMILES string of the molecule is COC(C)OCOc1cc(CC=COC(=O)c2ccccc2)ccc1C12CC3CC(CC(C3)C1)C2. The van der Waals surface area contributed by atoms with Gasteiger partial charge in [0.1, 0.15) is 5.75 Å². The molecular weight excluding hydrogens is 440 g/mol. The van der Waals surface area contributed by atoms with Crippen LogP contribution in [-0.4, -0.2) is 26.2 Å². The van der Waals surface area contributed by atoms with Crippen LogP contribution >= 0.6 is 0 Å². The number of ether oxygens (including phenoxy) is 4. The highest BCUT2D eigenvalue weighted by molar-refractivity contribution is 5.89. The first-order valence-electron chi connectivity index (χ1n) is 12.9. The maximum absolute atomic E-state index is 12.1. The van der Waals surface area contributed by atoms with E-state index in [0.29, 0.717) is 12.0 Å². The molecule has 5 nitrogen and oxygen atoms in total. The second kappa shape index (κ2) is 10.5. The van der Waals surface area contributed by atoms with Gasteiger partial charge in [0.25, 0.3) is 0 Å². The molecule has 0 radical (unpaired) electrons. The van der Waals surface area contributed by atoms with Crippen LogP contribution in [0.15, 0.2) is 60.9 Å². The van der Waals surface area contributed by atoms with Gasteiger partial charge in [0.05, 0.1) is 11.8 Å². The number of carbonyl (C=O) groups is 1. The number of carbonyl (C=O) groups excluding carboxylic acids is 1. The first-order valence-corrected chi connectivity index (χ1v) is 12.9. The van der Waals surface area contributed by atoms with Crippen LogP contribution in [0.25, 0.3) is 0 Å². The summed E-state index contributed by atoms with van der Waals surface area (Å²) in [5.41, 5.74) is 3.23. The predicted octanol–water partition coefficient (Wildman–Crippen LogP) is 6.41. The third-order valence-corrected chi connectivity index (χ3v) is 8.14. The number of rotatable bonds is 10. The molecule has 4 fully saturated rings. The maximum atomic E-state index is 12.1. The van der Waals surface area contributed by atoms with E-state index in [1.54, 1.807) is 19.2 Å². The lowest BCUT2D eigenvalue weighted by Gasteiger charge is -2.57. The highest BCUT2D eigenvalue weighted by atomic mass is 16.7. The standard InChI is InChI=1S/C30H36O5/c1-21(32-2)34-20-35-28-16-22(7-6-12-33-29(31)26-8-4-3-5-9-26)10-11-27(28)30-17-23-13-24(18-30)15-25(14-23)19-30/h3-6,8-12,16,21,23-25H,7,13-15,17-20H2,1-2H3. The molecule has 0 saturated heterocycles. The number of allylic oxidation sites excluding steroid dienone is 1. The Morgan fingerprint density at radius 3 is 2.37 bits per heavy atom. The van der Waals surface area contributed by atoms with Crippen molar-refractivity contribution in [3.63, 3.8) is 0 Å². The van der Waals surface area contributed by atoms with Gasteiger partial charge >= 0.3 is 5.97 Å². The smallest absolute Gasteiger partial charge is 0.342 e. The Morgan fingerprint density at radius 2 is 1.71 bits per heavy atom. The monoisotopic (exact) mass is 476 g/mol. The second-order valence-electron chi connectivity index (χ2n) is 10.6. The van der Waals surface area contributed by atoms with Gasteiger partial charge in [0.2, 0.25) is 0 Å². The van der Waals surface area contributed by atoms with Crippen molar-refractivity contribution in [2.24, 2.45) is 17.8 Å². The molecule has 4 bridgehead atoms. The quantitative estimate of drug-likeness (QED) is 0.225. The van der Waals surface area contributed by atoms with Crippen molar-refractivity contribution >= 4 is 5.97 Å². The van der Waals surface area contributed by atoms with Crippen molar-refractivity contribution in [1.29, 1.82) is 0 Å². The van der Waals surface area contributed by atoms with Crippen molar-refractivity contribution in [2.75, 3.05) is 13.9 Å². The summed E-state index contributed by atoms with van der Waals surface area (Å²) in [4.78, 5) is 12.1. The summed E-state index contributed by atoms with van der Waals surface area (Å²) in [5.74, 6) is 3.15. The number of benzene rings is 2. The van der Waals surface area contributed by atoms with E-state index in [9.17, 15) is 4.79 Å². The van der Waals surface area contributed by atoms with E-state index in [0.717, 1.165) is 29.1 Å². The van der Waals surface area contributed by atoms with E-state index in [4.69, 9.17) is 18.9 Å². The molecule has 0 aromatic heterocycles. The average molecular weight is 477 g/mol. The third-order valence-electron chi connectivity index (χ3n) is 8.14. The zero-order valence-corrected chi connectivity index (χ0v) is 20.8. The van der Waals surface area contributed by atoms with Crippen LogP contribution in [-0.2, 0) is 26.0 Å². The molecule has 186 valence electrons. The molecule has 5 heteroatoms. The van der Waals surface area contributed by atoms with E-state index in [1.165, 1.54) is 50.4 Å². The van der Waals surface area contributed by atoms with Crippen LogP contribution in [0.5, 0.6) is 5.75 Å². The van der Waals surface area contributed by atoms with Gasteiger partial charge in [-0.1, -0.05) is 30.3 Å². The molecule has 0 heterocycles. The van der Waals surface area contributed by atoms with Crippen molar-refractivity contribution in [3.05, 3.63) is 77.6 Å². The fourth-order valence-corrected chi connectivity index (χ4v) is 6.89. The van der Waals surface area contributed by atoms with Gasteiger partial charge in [-0.15, -0.1) is 0 Å². The highest BCUT2D eigenvalue weighted by Crippen LogP contribution is 2.61. The number of hydrogen-bond acceptors (Lipinski definition) is 5. The molecule has 6 rings (SSSR count). The largest absolute Gasteiger partial charge is 0.467 e. The van der Waals surface area contributed by atoms with Crippen LogP contribution in [0.2, 0.25) is 0 Å². The maximum Gasteiger partial charge on any atom is 0.342 e. The minimum Gasteiger partial charge on any atom is -0.467 e. The highest BCUT2D eigenvalue weighted by Gasteiger charge is 2.52. The number of methoxy groups -OCH3 is 1. The van der Waals surface area contributed by atoms with Crippen LogP contribution in [0.4, 0.5) is 0 Å². The molecule has 2 aromatic carbocycles. The van der Waals surface area contributed by atoms with Crippen LogP contribution in [0.1, 0.15) is 66.9 Å². The van der Waals surface area contributed by atoms with E-state index >= 15 is 0 Å². The molecule has 0 spiro atoms. The second-order valence-corrected chi connectivity index (χ2v) is 10.6. The van der Waals surface area contributed by atoms with Crippen LogP contribution in [0, 0.1) is 17.8 Å². The summed E-state index contributed by atoms with van der Waals surface area (Å²) in [6.07, 6.45) is 11.7. The number of esters is 1. The van der Waals surface area contributed by atoms with E-state index in [-0.39, 0.29) is 24.5 Å². The topological polar surface area (TPSA) is 54.0 Å². The zero-order chi connectivity index (χ0) is 24.3. The average Bonchev–Trinajstić information content (AvgIpc) is 2.86. The summed E-state index contributed by atoms with van der Waals surface area (Å²) < 4.78 is 22.4. The first kappa shape index (κ1) is 24.1. The fourth-order valence-electron chi connectivity index (χ4n) is 6.89. The summed E-state index contributed by atoms with van der Waals surface area (Å²) in [5, 5.41) is 0. The van der Waals surface area contributed by atoms with Crippen LogP contribution < -0.4 is 4.74 Å². The molecule has 2 aromatic rings. The molecule has 1 unspecified atom stereocenters. The Kier molecular flexibility index (Phi) is 7.26. The first-order chi connectivity index (χ1) is 17.0. The molecule has 0 aliphatic heterocycles. The Hall–Kier alpha value is -2.63. The van der Waals surface area contributed by atoms with Crippen LogP contribution in [0.3, 0.4) is 0 Å². The minimum absolute atomic E-state index is 0.155. The lowest BCUT2D eigenvalue weighted by Crippen LogP contribution is -2.48. The van der Waals surface area contributed by atoms with Crippen molar-refractivity contribution < 1.29 is 23.7 Å². The van der Waals surface area contributed by atoms with Gasteiger partial charge in [-0.25, -0.2) is 4.79 Å². The van der Waals surface area contributed by atoms with Crippen molar-refractivity contribution in [1.82, 2.24) is 0 Å². The summed E-state index contributed by atoms with van der Waals surface area (Å²) in [6, 6.07) is 15.6. The molecule has 0 N–H and O–H groups in total. The van der Waals surface area contributed by atoms with Gasteiger partial charge in [-0.05, 0) is 105 Å². The molecule has 0 amide bonds. The van der Waals surface area contributed by atoms with E-state index in [2.05, 4.69) is 18.2 Å². The summed E-state index contributed by atoms with van der Waals surface area (Å²) in [7, 11) is 1.63. The zero-order valence-electron chi connectivity index (χ0n) is 20.8. The van der Waals surface area contributed by atoms with Gasteiger partial charge in [0.15, 0.2) is 13.1 Å². The minimum atomic E-state index is -0.354. The Labute approximate surface area is 208 Å². The van der Waals surface area contributed by atoms with E-state index in [1.807, 2.05) is 31.2 Å². The Balaban J connectivity index is 1.30. The van der Waals surface area contributed by atoms with E-state index < -0.39 is 0 Å². The Bertz CT molecular complexity index is 1010. The Morgan fingerprint density at radius 1 is 1.03 bits per heavy atom. The molecule has 1 atom stereocenters. The molecule has 4 aliphatic carbocycles. The van der Waals surface area contributed by atoms with Gasteiger partial charge in [0, 0.05) is 12.7 Å². The van der Waals surface area contributed by atoms with Gasteiger partial charge in [-0.3, -0.25) is 0 Å². The molecule has 35 heavy (non-hydrogen) atoms. The summed E-state index contributed by atoms with van der Waals surface area (Å²) >= 11 is 0. The normalized spacial score (nSPS) is 27.8. The molecular formula is C30H36O5. The lowest BCUT2D eigenvalue weighted by atomic mass is 9.48. The summed E-state index contributed by atoms with van der Waals surface area (Å²) in [6.45, 7) is 2.02. The molecule has 4 saturated carbocycles. The molecule has 4 aliphatic rings. The fraction of sp³-hybridized carbons (Fsp3) is 0.500.